The van der Waals surface area contributed by atoms with Gasteiger partial charge in [0.05, 0.1) is 13.7 Å². The van der Waals surface area contributed by atoms with Crippen LogP contribution in [0.15, 0.2) is 48.5 Å². The lowest BCUT2D eigenvalue weighted by Crippen LogP contribution is -2.34. The Morgan fingerprint density at radius 3 is 2.08 bits per heavy atom. The van der Waals surface area contributed by atoms with Gasteiger partial charge in [-0.05, 0) is 35.4 Å². The Bertz CT molecular complexity index is 681. The fraction of sp³-hybridized carbons (Fsp3) is 0.222. The van der Waals surface area contributed by atoms with E-state index in [1.54, 1.807) is 38.5 Å². The van der Waals surface area contributed by atoms with Crippen molar-refractivity contribution in [2.45, 2.75) is 13.2 Å². The monoisotopic (exact) mass is 328 g/mol. The van der Waals surface area contributed by atoms with Crippen molar-refractivity contribution in [3.8, 4) is 5.75 Å². The molecule has 0 fully saturated rings. The Morgan fingerprint density at radius 2 is 1.50 bits per heavy atom. The molecule has 2 N–H and O–H groups in total. The normalized spacial score (nSPS) is 10.1. The molecule has 24 heavy (non-hydrogen) atoms. The van der Waals surface area contributed by atoms with E-state index in [0.717, 1.165) is 11.1 Å². The maximum absolute atomic E-state index is 11.9. The zero-order valence-corrected chi connectivity index (χ0v) is 13.7. The summed E-state index contributed by atoms with van der Waals surface area (Å²) in [5.41, 5.74) is 2.48. The van der Waals surface area contributed by atoms with Crippen LogP contribution in [0.25, 0.3) is 0 Å². The lowest BCUT2D eigenvalue weighted by atomic mass is 10.1. The predicted octanol–water partition coefficient (Wildman–Crippen LogP) is 2.10. The van der Waals surface area contributed by atoms with Gasteiger partial charge in [-0.15, -0.1) is 0 Å². The average Bonchev–Trinajstić information content (AvgIpc) is 2.61. The number of benzene rings is 2. The van der Waals surface area contributed by atoms with Crippen molar-refractivity contribution in [3.05, 3.63) is 59.7 Å². The van der Waals surface area contributed by atoms with Gasteiger partial charge in [0.15, 0.2) is 0 Å². The summed E-state index contributed by atoms with van der Waals surface area (Å²) in [5.74, 6) is -0.725. The first-order chi connectivity index (χ1) is 11.6. The molecule has 6 heteroatoms. The molecule has 2 amide bonds. The van der Waals surface area contributed by atoms with E-state index in [9.17, 15) is 9.59 Å². The van der Waals surface area contributed by atoms with Gasteiger partial charge in [0.1, 0.15) is 5.75 Å². The van der Waals surface area contributed by atoms with Gasteiger partial charge < -0.3 is 20.1 Å². The largest absolute Gasteiger partial charge is 0.497 e. The molecular formula is C18H20N2O4. The number of ether oxygens (including phenoxy) is 2. The lowest BCUT2D eigenvalue weighted by Gasteiger charge is -2.08. The second kappa shape index (κ2) is 8.69. The maximum atomic E-state index is 11.9. The Labute approximate surface area is 140 Å². The highest BCUT2D eigenvalue weighted by atomic mass is 16.5. The van der Waals surface area contributed by atoms with E-state index in [0.29, 0.717) is 18.0 Å². The van der Waals surface area contributed by atoms with E-state index in [4.69, 9.17) is 9.47 Å². The Hall–Kier alpha value is -2.86. The predicted molar refractivity (Wildman–Crippen MR) is 90.6 cm³/mol. The summed E-state index contributed by atoms with van der Waals surface area (Å²) in [6.45, 7) is 0.818. The van der Waals surface area contributed by atoms with E-state index in [1.807, 2.05) is 24.3 Å². The van der Waals surface area contributed by atoms with Crippen LogP contribution in [0.5, 0.6) is 5.75 Å². The van der Waals surface area contributed by atoms with Crippen LogP contribution in [0.2, 0.25) is 0 Å². The van der Waals surface area contributed by atoms with Crippen molar-refractivity contribution in [2.75, 3.05) is 19.5 Å². The number of hydrogen-bond donors (Lipinski definition) is 2. The number of amides is 2. The Balaban J connectivity index is 1.83. The summed E-state index contributed by atoms with van der Waals surface area (Å²) >= 11 is 0. The molecule has 0 aromatic heterocycles. The molecule has 6 nitrogen and oxygen atoms in total. The molecule has 0 atom stereocenters. The second-order valence-electron chi connectivity index (χ2n) is 5.11. The number of anilines is 1. The highest BCUT2D eigenvalue weighted by Crippen LogP contribution is 2.14. The first-order valence-electron chi connectivity index (χ1n) is 7.42. The number of nitrogens with one attached hydrogen (secondary N) is 2. The third-order valence-corrected chi connectivity index (χ3v) is 3.34. The Kier molecular flexibility index (Phi) is 6.33. The lowest BCUT2D eigenvalue weighted by molar-refractivity contribution is -0.136. The van der Waals surface area contributed by atoms with Gasteiger partial charge in [-0.25, -0.2) is 0 Å². The first kappa shape index (κ1) is 17.5. The molecule has 0 bridgehead atoms. The zero-order valence-electron chi connectivity index (χ0n) is 13.7. The van der Waals surface area contributed by atoms with Crippen LogP contribution in [-0.2, 0) is 27.5 Å². The van der Waals surface area contributed by atoms with E-state index in [1.165, 1.54) is 0 Å². The summed E-state index contributed by atoms with van der Waals surface area (Å²) in [6.07, 6.45) is 0. The van der Waals surface area contributed by atoms with Gasteiger partial charge in [0, 0.05) is 19.3 Å². The summed E-state index contributed by atoms with van der Waals surface area (Å²) in [5, 5.41) is 5.12. The molecule has 0 heterocycles. The van der Waals surface area contributed by atoms with Crippen LogP contribution in [0, 0.1) is 0 Å². The molecule has 0 spiro atoms. The topological polar surface area (TPSA) is 76.7 Å². The van der Waals surface area contributed by atoms with Crippen LogP contribution >= 0.6 is 0 Å². The van der Waals surface area contributed by atoms with Crippen LogP contribution in [-0.4, -0.2) is 26.0 Å². The third-order valence-electron chi connectivity index (χ3n) is 3.34. The van der Waals surface area contributed by atoms with Gasteiger partial charge in [-0.3, -0.25) is 9.59 Å². The molecule has 2 rings (SSSR count). The summed E-state index contributed by atoms with van der Waals surface area (Å²) < 4.78 is 10.1. The van der Waals surface area contributed by atoms with E-state index < -0.39 is 11.8 Å². The Morgan fingerprint density at radius 1 is 0.875 bits per heavy atom. The number of carbonyl (C=O) groups excluding carboxylic acids is 2. The highest BCUT2D eigenvalue weighted by Gasteiger charge is 2.13. The minimum Gasteiger partial charge on any atom is -0.497 e. The van der Waals surface area contributed by atoms with Crippen molar-refractivity contribution in [2.24, 2.45) is 0 Å². The molecule has 0 saturated heterocycles. The van der Waals surface area contributed by atoms with Crippen LogP contribution in [0.1, 0.15) is 11.1 Å². The molecule has 2 aromatic rings. The fourth-order valence-electron chi connectivity index (χ4n) is 2.04. The molecule has 0 aliphatic carbocycles. The second-order valence-corrected chi connectivity index (χ2v) is 5.11. The minimum absolute atomic E-state index is 0.280. The van der Waals surface area contributed by atoms with Gasteiger partial charge in [0.2, 0.25) is 0 Å². The van der Waals surface area contributed by atoms with Crippen molar-refractivity contribution >= 4 is 17.5 Å². The van der Waals surface area contributed by atoms with Gasteiger partial charge in [-0.2, -0.15) is 0 Å². The molecule has 0 aliphatic rings. The fourth-order valence-corrected chi connectivity index (χ4v) is 2.04. The van der Waals surface area contributed by atoms with Crippen LogP contribution in [0.4, 0.5) is 5.69 Å². The SMILES string of the molecule is COCc1ccc(CNC(=O)C(=O)Nc2ccc(OC)cc2)cc1. The van der Waals surface area contributed by atoms with Gasteiger partial charge in [0.25, 0.3) is 0 Å². The molecule has 126 valence electrons. The standard InChI is InChI=1S/C18H20N2O4/c1-23-12-14-5-3-13(4-6-14)11-19-17(21)18(22)20-15-7-9-16(24-2)10-8-15/h3-10H,11-12H2,1-2H3,(H,19,21)(H,20,22). The molecule has 2 aromatic carbocycles. The van der Waals surface area contributed by atoms with Crippen molar-refractivity contribution < 1.29 is 19.1 Å². The van der Waals surface area contributed by atoms with Crippen molar-refractivity contribution in [1.29, 1.82) is 0 Å². The van der Waals surface area contributed by atoms with Crippen molar-refractivity contribution in [1.82, 2.24) is 5.32 Å². The summed E-state index contributed by atoms with van der Waals surface area (Å²) in [4.78, 5) is 23.7. The van der Waals surface area contributed by atoms with E-state index in [2.05, 4.69) is 10.6 Å². The number of methoxy groups -OCH3 is 2. The maximum Gasteiger partial charge on any atom is 0.313 e. The van der Waals surface area contributed by atoms with E-state index >= 15 is 0 Å². The molecule has 0 radical (unpaired) electrons. The number of rotatable bonds is 6. The molecule has 0 saturated carbocycles. The zero-order chi connectivity index (χ0) is 17.4. The molecular weight excluding hydrogens is 308 g/mol. The molecule has 0 unspecified atom stereocenters. The van der Waals surface area contributed by atoms with Crippen molar-refractivity contribution in [3.63, 3.8) is 0 Å². The highest BCUT2D eigenvalue weighted by molar-refractivity contribution is 6.39. The molecule has 0 aliphatic heterocycles. The summed E-state index contributed by atoms with van der Waals surface area (Å²) in [7, 11) is 3.19. The van der Waals surface area contributed by atoms with Gasteiger partial charge >= 0.3 is 11.8 Å². The number of carbonyl (C=O) groups is 2. The third kappa shape index (κ3) is 5.10. The smallest absolute Gasteiger partial charge is 0.313 e. The van der Waals surface area contributed by atoms with Gasteiger partial charge in [-0.1, -0.05) is 24.3 Å². The average molecular weight is 328 g/mol. The summed E-state index contributed by atoms with van der Waals surface area (Å²) in [6, 6.07) is 14.3. The van der Waals surface area contributed by atoms with E-state index in [-0.39, 0.29) is 6.54 Å². The minimum atomic E-state index is -0.712. The number of hydrogen-bond acceptors (Lipinski definition) is 4. The first-order valence-corrected chi connectivity index (χ1v) is 7.42. The van der Waals surface area contributed by atoms with Crippen LogP contribution in [0.3, 0.4) is 0 Å². The quantitative estimate of drug-likeness (QED) is 0.796. The van der Waals surface area contributed by atoms with Crippen LogP contribution < -0.4 is 15.4 Å².